The fraction of sp³-hybridized carbons (Fsp3) is 0.278. The minimum absolute atomic E-state index is 0.188. The minimum atomic E-state index is -0.195. The van der Waals surface area contributed by atoms with Gasteiger partial charge in [-0.1, -0.05) is 47.5 Å². The van der Waals surface area contributed by atoms with Crippen LogP contribution in [0.25, 0.3) is 0 Å². The van der Waals surface area contributed by atoms with Crippen molar-refractivity contribution in [3.8, 4) is 5.75 Å². The van der Waals surface area contributed by atoms with Crippen molar-refractivity contribution in [2.75, 3.05) is 14.2 Å². The van der Waals surface area contributed by atoms with Gasteiger partial charge in [-0.3, -0.25) is 0 Å². The Hall–Kier alpha value is -1.91. The van der Waals surface area contributed by atoms with Crippen LogP contribution in [0.4, 0.5) is 4.79 Å². The van der Waals surface area contributed by atoms with Gasteiger partial charge in [-0.15, -0.1) is 0 Å². The molecule has 0 spiro atoms. The lowest BCUT2D eigenvalue weighted by atomic mass is 10.1. The summed E-state index contributed by atoms with van der Waals surface area (Å²) in [6.07, 6.45) is 0. The Morgan fingerprint density at radius 3 is 2.62 bits per heavy atom. The van der Waals surface area contributed by atoms with Gasteiger partial charge < -0.3 is 15.0 Å². The molecule has 1 atom stereocenters. The lowest BCUT2D eigenvalue weighted by molar-refractivity contribution is 0.194. The van der Waals surface area contributed by atoms with E-state index in [9.17, 15) is 4.79 Å². The molecule has 24 heavy (non-hydrogen) atoms. The first-order valence-corrected chi connectivity index (χ1v) is 8.27. The molecule has 0 aliphatic heterocycles. The highest BCUT2D eigenvalue weighted by Gasteiger charge is 2.19. The number of nitrogens with one attached hydrogen (secondary N) is 1. The molecule has 0 aliphatic carbocycles. The summed E-state index contributed by atoms with van der Waals surface area (Å²) in [6, 6.07) is 12.5. The van der Waals surface area contributed by atoms with Gasteiger partial charge in [0.1, 0.15) is 5.75 Å². The highest BCUT2D eigenvalue weighted by molar-refractivity contribution is 6.35. The van der Waals surface area contributed by atoms with E-state index in [2.05, 4.69) is 5.32 Å². The first-order chi connectivity index (χ1) is 11.4. The second kappa shape index (κ2) is 8.27. The molecule has 128 valence electrons. The topological polar surface area (TPSA) is 41.6 Å². The Morgan fingerprint density at radius 1 is 1.25 bits per heavy atom. The molecule has 0 saturated heterocycles. The van der Waals surface area contributed by atoms with Crippen molar-refractivity contribution in [2.24, 2.45) is 0 Å². The standard InChI is InChI=1S/C18H20Cl2N2O2/c1-12(15-9-8-14(19)10-16(15)20)22(2)18(23)21-11-13-6-4-5-7-17(13)24-3/h4-10,12H,11H2,1-3H3,(H,21,23)/t12-/m1/s1. The summed E-state index contributed by atoms with van der Waals surface area (Å²) in [5, 5.41) is 4.00. The second-order valence-electron chi connectivity index (χ2n) is 5.42. The number of rotatable bonds is 5. The third-order valence-electron chi connectivity index (χ3n) is 3.94. The maximum Gasteiger partial charge on any atom is 0.317 e. The lowest BCUT2D eigenvalue weighted by Crippen LogP contribution is -2.38. The van der Waals surface area contributed by atoms with E-state index in [4.69, 9.17) is 27.9 Å². The number of benzene rings is 2. The number of methoxy groups -OCH3 is 1. The van der Waals surface area contributed by atoms with Crippen LogP contribution in [0.5, 0.6) is 5.75 Å². The predicted octanol–water partition coefficient (Wildman–Crippen LogP) is 4.90. The van der Waals surface area contributed by atoms with Gasteiger partial charge in [-0.25, -0.2) is 4.79 Å². The summed E-state index contributed by atoms with van der Waals surface area (Å²) in [4.78, 5) is 14.0. The summed E-state index contributed by atoms with van der Waals surface area (Å²) in [5.74, 6) is 0.745. The van der Waals surface area contributed by atoms with Crippen LogP contribution in [-0.4, -0.2) is 25.1 Å². The quantitative estimate of drug-likeness (QED) is 0.816. The zero-order chi connectivity index (χ0) is 17.7. The average molecular weight is 367 g/mol. The Balaban J connectivity index is 2.03. The van der Waals surface area contributed by atoms with Gasteiger partial charge in [-0.05, 0) is 30.7 Å². The van der Waals surface area contributed by atoms with Crippen molar-refractivity contribution in [1.29, 1.82) is 0 Å². The van der Waals surface area contributed by atoms with Crippen molar-refractivity contribution in [3.05, 3.63) is 63.6 Å². The summed E-state index contributed by atoms with van der Waals surface area (Å²) in [7, 11) is 3.34. The van der Waals surface area contributed by atoms with E-state index in [0.29, 0.717) is 16.6 Å². The molecule has 2 amide bonds. The number of hydrogen-bond donors (Lipinski definition) is 1. The van der Waals surface area contributed by atoms with E-state index in [1.165, 1.54) is 0 Å². The average Bonchev–Trinajstić information content (AvgIpc) is 2.58. The number of urea groups is 1. The third kappa shape index (κ3) is 4.34. The van der Waals surface area contributed by atoms with E-state index < -0.39 is 0 Å². The SMILES string of the molecule is COc1ccccc1CNC(=O)N(C)[C@H](C)c1ccc(Cl)cc1Cl. The summed E-state index contributed by atoms with van der Waals surface area (Å²) in [5.41, 5.74) is 1.76. The monoisotopic (exact) mass is 366 g/mol. The van der Waals surface area contributed by atoms with E-state index >= 15 is 0 Å². The van der Waals surface area contributed by atoms with Gasteiger partial charge in [0.2, 0.25) is 0 Å². The zero-order valence-corrected chi connectivity index (χ0v) is 15.4. The van der Waals surface area contributed by atoms with Gasteiger partial charge in [0.05, 0.1) is 13.2 Å². The molecule has 4 nitrogen and oxygen atoms in total. The molecule has 0 aliphatic rings. The van der Waals surface area contributed by atoms with E-state index in [-0.39, 0.29) is 12.1 Å². The molecule has 2 aromatic rings. The van der Waals surface area contributed by atoms with Gasteiger partial charge in [0.15, 0.2) is 0 Å². The number of carbonyl (C=O) groups excluding carboxylic acids is 1. The van der Waals surface area contributed by atoms with Crippen molar-refractivity contribution >= 4 is 29.2 Å². The molecule has 0 radical (unpaired) electrons. The molecule has 0 aromatic heterocycles. The Morgan fingerprint density at radius 2 is 1.96 bits per heavy atom. The Kier molecular flexibility index (Phi) is 6.35. The van der Waals surface area contributed by atoms with E-state index in [1.54, 1.807) is 31.2 Å². The molecule has 0 heterocycles. The molecule has 0 fully saturated rings. The summed E-state index contributed by atoms with van der Waals surface area (Å²) in [6.45, 7) is 2.30. The molecule has 2 aromatic carbocycles. The maximum absolute atomic E-state index is 12.4. The Bertz CT molecular complexity index is 722. The first-order valence-electron chi connectivity index (χ1n) is 7.51. The van der Waals surface area contributed by atoms with E-state index in [1.807, 2.05) is 37.3 Å². The molecule has 2 rings (SSSR count). The zero-order valence-electron chi connectivity index (χ0n) is 13.8. The first kappa shape index (κ1) is 18.4. The molecular weight excluding hydrogens is 347 g/mol. The van der Waals surface area contributed by atoms with Crippen LogP contribution in [0.1, 0.15) is 24.1 Å². The van der Waals surface area contributed by atoms with Crippen LogP contribution >= 0.6 is 23.2 Å². The fourth-order valence-electron chi connectivity index (χ4n) is 2.37. The largest absolute Gasteiger partial charge is 0.496 e. The lowest BCUT2D eigenvalue weighted by Gasteiger charge is -2.26. The van der Waals surface area contributed by atoms with Crippen LogP contribution in [-0.2, 0) is 6.54 Å². The Labute approximate surface area is 152 Å². The predicted molar refractivity (Wildman–Crippen MR) is 97.9 cm³/mol. The minimum Gasteiger partial charge on any atom is -0.496 e. The smallest absolute Gasteiger partial charge is 0.317 e. The molecule has 0 bridgehead atoms. The molecule has 0 unspecified atom stereocenters. The summed E-state index contributed by atoms with van der Waals surface area (Å²) >= 11 is 12.1. The van der Waals surface area contributed by atoms with Crippen LogP contribution in [0, 0.1) is 0 Å². The van der Waals surface area contributed by atoms with Crippen LogP contribution in [0.2, 0.25) is 10.0 Å². The molecular formula is C18H20Cl2N2O2. The van der Waals surface area contributed by atoms with Crippen molar-refractivity contribution < 1.29 is 9.53 Å². The van der Waals surface area contributed by atoms with Crippen LogP contribution in [0.3, 0.4) is 0 Å². The number of ether oxygens (including phenoxy) is 1. The van der Waals surface area contributed by atoms with Crippen molar-refractivity contribution in [3.63, 3.8) is 0 Å². The molecule has 1 N–H and O–H groups in total. The van der Waals surface area contributed by atoms with Crippen LogP contribution < -0.4 is 10.1 Å². The number of hydrogen-bond acceptors (Lipinski definition) is 2. The van der Waals surface area contributed by atoms with E-state index in [0.717, 1.165) is 16.9 Å². The second-order valence-corrected chi connectivity index (χ2v) is 6.27. The number of carbonyl (C=O) groups is 1. The molecule has 6 heteroatoms. The van der Waals surface area contributed by atoms with Crippen LogP contribution in [0.15, 0.2) is 42.5 Å². The van der Waals surface area contributed by atoms with Gasteiger partial charge in [0.25, 0.3) is 0 Å². The third-order valence-corrected chi connectivity index (χ3v) is 4.50. The van der Waals surface area contributed by atoms with Gasteiger partial charge in [-0.2, -0.15) is 0 Å². The normalized spacial score (nSPS) is 11.7. The highest BCUT2D eigenvalue weighted by Crippen LogP contribution is 2.29. The maximum atomic E-state index is 12.4. The summed E-state index contributed by atoms with van der Waals surface area (Å²) < 4.78 is 5.29. The van der Waals surface area contributed by atoms with Gasteiger partial charge in [0, 0.05) is 29.2 Å². The van der Waals surface area contributed by atoms with Crippen molar-refractivity contribution in [2.45, 2.75) is 19.5 Å². The number of para-hydroxylation sites is 1. The van der Waals surface area contributed by atoms with Crippen molar-refractivity contribution in [1.82, 2.24) is 10.2 Å². The fourth-order valence-corrected chi connectivity index (χ4v) is 2.94. The number of halogens is 2. The number of nitrogens with zero attached hydrogens (tertiary/aromatic N) is 1. The number of amides is 2. The highest BCUT2D eigenvalue weighted by atomic mass is 35.5. The molecule has 0 saturated carbocycles. The van der Waals surface area contributed by atoms with Gasteiger partial charge >= 0.3 is 6.03 Å².